The number of halogens is 3. The number of alkyl halides is 3. The molecule has 1 saturated carbocycles. The summed E-state index contributed by atoms with van der Waals surface area (Å²) in [4.78, 5) is 6.15. The Morgan fingerprint density at radius 2 is 2.04 bits per heavy atom. The molecule has 0 unspecified atom stereocenters. The van der Waals surface area contributed by atoms with Gasteiger partial charge in [-0.05, 0) is 44.0 Å². The van der Waals surface area contributed by atoms with Crippen LogP contribution in [0.25, 0.3) is 11.1 Å². The van der Waals surface area contributed by atoms with Gasteiger partial charge < -0.3 is 9.52 Å². The number of hydrogen-bond donors (Lipinski definition) is 1. The number of aliphatic hydroxyl groups excluding tert-OH is 1. The normalized spacial score (nSPS) is 21.8. The first-order valence-corrected chi connectivity index (χ1v) is 8.55. The molecule has 25 heavy (non-hydrogen) atoms. The zero-order valence-electron chi connectivity index (χ0n) is 14.6. The second kappa shape index (κ2) is 6.61. The summed E-state index contributed by atoms with van der Waals surface area (Å²) in [5.41, 5.74) is -0.248. The molecule has 0 bridgehead atoms. The van der Waals surface area contributed by atoms with Crippen molar-refractivity contribution in [3.63, 3.8) is 0 Å². The lowest BCUT2D eigenvalue weighted by atomic mass is 10.1. The minimum atomic E-state index is -4.51. The number of rotatable bonds is 4. The Hall–Kier alpha value is -1.60. The van der Waals surface area contributed by atoms with Gasteiger partial charge in [-0.15, -0.1) is 0 Å². The van der Waals surface area contributed by atoms with Crippen LogP contribution in [0.1, 0.15) is 56.0 Å². The lowest BCUT2D eigenvalue weighted by molar-refractivity contribution is -0.136. The molecule has 1 fully saturated rings. The van der Waals surface area contributed by atoms with Gasteiger partial charge in [-0.25, -0.2) is 4.98 Å². The average molecular weight is 356 g/mol. The SMILES string of the molecule is CC(C)c1nc2cc(CN(C)[C@@H]3CCC[C@@H]3O)cc(C(F)(F)F)c2o1. The second-order valence-corrected chi connectivity index (χ2v) is 7.18. The number of aromatic nitrogens is 1. The predicted octanol–water partition coefficient (Wildman–Crippen LogP) is 4.32. The molecule has 1 aliphatic carbocycles. The van der Waals surface area contributed by atoms with Crippen LogP contribution in [0.2, 0.25) is 0 Å². The van der Waals surface area contributed by atoms with E-state index in [1.165, 1.54) is 0 Å². The molecular formula is C18H23F3N2O2. The Balaban J connectivity index is 1.98. The first kappa shape index (κ1) is 18.2. The van der Waals surface area contributed by atoms with Crippen LogP contribution in [0.3, 0.4) is 0 Å². The number of oxazole rings is 1. The molecule has 2 aromatic rings. The molecule has 1 aromatic carbocycles. The molecule has 0 spiro atoms. The van der Waals surface area contributed by atoms with Gasteiger partial charge >= 0.3 is 6.18 Å². The topological polar surface area (TPSA) is 49.5 Å². The quantitative estimate of drug-likeness (QED) is 0.887. The van der Waals surface area contributed by atoms with Crippen LogP contribution >= 0.6 is 0 Å². The Kier molecular flexibility index (Phi) is 4.81. The van der Waals surface area contributed by atoms with Crippen molar-refractivity contribution in [3.8, 4) is 0 Å². The fraction of sp³-hybridized carbons (Fsp3) is 0.611. The van der Waals surface area contributed by atoms with Crippen LogP contribution in [0.5, 0.6) is 0 Å². The van der Waals surface area contributed by atoms with Gasteiger partial charge in [-0.1, -0.05) is 13.8 Å². The van der Waals surface area contributed by atoms with Crippen LogP contribution in [0.4, 0.5) is 13.2 Å². The van der Waals surface area contributed by atoms with E-state index in [-0.39, 0.29) is 23.1 Å². The van der Waals surface area contributed by atoms with Crippen molar-refractivity contribution in [1.82, 2.24) is 9.88 Å². The molecule has 0 radical (unpaired) electrons. The maximum absolute atomic E-state index is 13.5. The van der Waals surface area contributed by atoms with Crippen LogP contribution < -0.4 is 0 Å². The van der Waals surface area contributed by atoms with Crippen LogP contribution in [0.15, 0.2) is 16.5 Å². The van der Waals surface area contributed by atoms with Crippen molar-refractivity contribution in [2.24, 2.45) is 0 Å². The van der Waals surface area contributed by atoms with Crippen molar-refractivity contribution in [3.05, 3.63) is 29.2 Å². The van der Waals surface area contributed by atoms with E-state index in [0.717, 1.165) is 25.3 Å². The summed E-state index contributed by atoms with van der Waals surface area (Å²) in [7, 11) is 1.83. The van der Waals surface area contributed by atoms with E-state index in [1.807, 2.05) is 25.8 Å². The van der Waals surface area contributed by atoms with Gasteiger partial charge in [0.25, 0.3) is 0 Å². The fourth-order valence-electron chi connectivity index (χ4n) is 3.50. The number of likely N-dealkylation sites (N-methyl/N-ethyl adjacent to an activating group) is 1. The highest BCUT2D eigenvalue weighted by molar-refractivity contribution is 5.78. The van der Waals surface area contributed by atoms with Crippen LogP contribution in [-0.4, -0.2) is 34.2 Å². The Morgan fingerprint density at radius 1 is 1.32 bits per heavy atom. The smallest absolute Gasteiger partial charge is 0.420 e. The third-order valence-corrected chi connectivity index (χ3v) is 4.81. The second-order valence-electron chi connectivity index (χ2n) is 7.18. The molecule has 2 atom stereocenters. The summed E-state index contributed by atoms with van der Waals surface area (Å²) in [6.07, 6.45) is -2.40. The molecule has 0 saturated heterocycles. The summed E-state index contributed by atoms with van der Waals surface area (Å²) in [6, 6.07) is 2.77. The molecule has 1 aliphatic rings. The van der Waals surface area contributed by atoms with Gasteiger partial charge in [0.2, 0.25) is 0 Å². The summed E-state index contributed by atoms with van der Waals surface area (Å²) in [5, 5.41) is 10.0. The lowest BCUT2D eigenvalue weighted by Crippen LogP contribution is -2.37. The first-order chi connectivity index (χ1) is 11.7. The van der Waals surface area contributed by atoms with Gasteiger partial charge in [-0.3, -0.25) is 4.90 Å². The largest absolute Gasteiger partial charge is 0.440 e. The van der Waals surface area contributed by atoms with Crippen LogP contribution in [-0.2, 0) is 12.7 Å². The third-order valence-electron chi connectivity index (χ3n) is 4.81. The van der Waals surface area contributed by atoms with E-state index in [0.29, 0.717) is 18.0 Å². The van der Waals surface area contributed by atoms with E-state index in [4.69, 9.17) is 4.42 Å². The monoisotopic (exact) mass is 356 g/mol. The van der Waals surface area contributed by atoms with Crippen molar-refractivity contribution in [1.29, 1.82) is 0 Å². The molecule has 1 N–H and O–H groups in total. The molecule has 1 aromatic heterocycles. The zero-order valence-corrected chi connectivity index (χ0v) is 14.6. The number of fused-ring (bicyclic) bond motifs is 1. The standard InChI is InChI=1S/C18H23F3N2O2/c1-10(2)17-22-13-8-11(7-12(16(13)25-17)18(19,20)21)9-23(3)14-5-4-6-15(14)24/h7-8,10,14-15,24H,4-6,9H2,1-3H3/t14-,15+/m1/s1. The van der Waals surface area contributed by atoms with E-state index in [1.54, 1.807) is 6.07 Å². The van der Waals surface area contributed by atoms with Crippen molar-refractivity contribution in [2.45, 2.75) is 63.9 Å². The number of benzene rings is 1. The number of aliphatic hydroxyl groups is 1. The van der Waals surface area contributed by atoms with E-state index in [9.17, 15) is 18.3 Å². The maximum Gasteiger partial charge on any atom is 0.420 e. The summed E-state index contributed by atoms with van der Waals surface area (Å²) < 4.78 is 45.8. The van der Waals surface area contributed by atoms with E-state index in [2.05, 4.69) is 4.98 Å². The molecule has 3 rings (SSSR count). The van der Waals surface area contributed by atoms with Gasteiger partial charge in [0.1, 0.15) is 11.1 Å². The van der Waals surface area contributed by atoms with E-state index < -0.39 is 17.8 Å². The molecule has 4 nitrogen and oxygen atoms in total. The molecule has 7 heteroatoms. The van der Waals surface area contributed by atoms with Crippen molar-refractivity contribution >= 4 is 11.1 Å². The van der Waals surface area contributed by atoms with Gasteiger partial charge in [0.15, 0.2) is 11.5 Å². The van der Waals surface area contributed by atoms with Crippen LogP contribution in [0, 0.1) is 0 Å². The maximum atomic E-state index is 13.5. The Labute approximate surface area is 144 Å². The minimum absolute atomic E-state index is 0.0198. The molecule has 0 amide bonds. The fourth-order valence-corrected chi connectivity index (χ4v) is 3.50. The lowest BCUT2D eigenvalue weighted by Gasteiger charge is -2.27. The van der Waals surface area contributed by atoms with E-state index >= 15 is 0 Å². The molecule has 0 aliphatic heterocycles. The summed E-state index contributed by atoms with van der Waals surface area (Å²) in [5.74, 6) is 0.213. The number of nitrogens with zero attached hydrogens (tertiary/aromatic N) is 2. The van der Waals surface area contributed by atoms with Gasteiger partial charge in [0.05, 0.1) is 6.10 Å². The highest BCUT2D eigenvalue weighted by Crippen LogP contribution is 2.37. The average Bonchev–Trinajstić information content (AvgIpc) is 3.11. The Bertz CT molecular complexity index is 755. The number of hydrogen-bond acceptors (Lipinski definition) is 4. The zero-order chi connectivity index (χ0) is 18.4. The highest BCUT2D eigenvalue weighted by Gasteiger charge is 2.36. The van der Waals surface area contributed by atoms with Crippen molar-refractivity contribution in [2.75, 3.05) is 7.05 Å². The summed E-state index contributed by atoms with van der Waals surface area (Å²) in [6.45, 7) is 3.98. The minimum Gasteiger partial charge on any atom is -0.440 e. The van der Waals surface area contributed by atoms with Gasteiger partial charge in [-0.2, -0.15) is 13.2 Å². The van der Waals surface area contributed by atoms with Crippen molar-refractivity contribution < 1.29 is 22.7 Å². The highest BCUT2D eigenvalue weighted by atomic mass is 19.4. The third kappa shape index (κ3) is 3.67. The molecule has 138 valence electrons. The predicted molar refractivity (Wildman–Crippen MR) is 88.2 cm³/mol. The summed E-state index contributed by atoms with van der Waals surface area (Å²) >= 11 is 0. The first-order valence-electron chi connectivity index (χ1n) is 8.55. The van der Waals surface area contributed by atoms with Gasteiger partial charge in [0, 0.05) is 18.5 Å². The Morgan fingerprint density at radius 3 is 2.60 bits per heavy atom. The molecular weight excluding hydrogens is 333 g/mol. The molecule has 1 heterocycles.